The summed E-state index contributed by atoms with van der Waals surface area (Å²) in [4.78, 5) is 29.7. The molecule has 0 spiro atoms. The van der Waals surface area contributed by atoms with Gasteiger partial charge in [-0.3, -0.25) is 13.9 Å². The van der Waals surface area contributed by atoms with Crippen molar-refractivity contribution in [2.24, 2.45) is 0 Å². The second kappa shape index (κ2) is 15.1. The number of anilines is 1. The Morgan fingerprint density at radius 3 is 2.17 bits per heavy atom. The lowest BCUT2D eigenvalue weighted by atomic mass is 10.0. The fraction of sp³-hybridized carbons (Fsp3) is 0.278. The Balaban J connectivity index is 1.84. The van der Waals surface area contributed by atoms with Crippen molar-refractivity contribution in [3.63, 3.8) is 0 Å². The van der Waals surface area contributed by atoms with Gasteiger partial charge in [-0.15, -0.1) is 0 Å². The van der Waals surface area contributed by atoms with Crippen LogP contribution in [-0.2, 0) is 32.6 Å². The summed E-state index contributed by atoms with van der Waals surface area (Å²) >= 11 is 3.36. The van der Waals surface area contributed by atoms with Crippen LogP contribution in [0, 0.1) is 12.7 Å². The normalized spacial score (nSPS) is 12.2. The summed E-state index contributed by atoms with van der Waals surface area (Å²) in [5, 5.41) is 2.96. The number of halogens is 2. The van der Waals surface area contributed by atoms with Crippen LogP contribution in [0.1, 0.15) is 37.5 Å². The quantitative estimate of drug-likeness (QED) is 0.177. The first-order valence-electron chi connectivity index (χ1n) is 15.0. The largest absolute Gasteiger partial charge is 0.496 e. The standard InChI is InChI=1S/C36H39BrFN3O5S/c1-25-15-17-28(18-16-25)41(47(44,45)29-19-20-33(46-5)30(37)22-29)24-34(42)40(23-27-13-9-10-14-31(27)38)32(35(43)39-36(2,3)4)21-26-11-7-6-8-12-26/h6-20,22,32H,21,23-24H2,1-5H3,(H,39,43)/t32-/m1/s1. The third-order valence-corrected chi connectivity index (χ3v) is 9.77. The molecular formula is C36H39BrFN3O5S. The highest BCUT2D eigenvalue weighted by Gasteiger charge is 2.36. The molecule has 4 rings (SSSR count). The number of sulfonamides is 1. The molecule has 0 aromatic heterocycles. The number of rotatable bonds is 12. The molecule has 1 atom stereocenters. The Kier molecular flexibility index (Phi) is 11.5. The van der Waals surface area contributed by atoms with E-state index in [4.69, 9.17) is 4.74 Å². The SMILES string of the molecule is COc1ccc(S(=O)(=O)N(CC(=O)N(Cc2ccccc2F)[C@H](Cc2ccccc2)C(=O)NC(C)(C)C)c2ccc(C)cc2)cc1Br. The molecule has 2 amide bonds. The molecule has 8 nitrogen and oxygen atoms in total. The van der Waals surface area contributed by atoms with Gasteiger partial charge in [-0.05, 0) is 85.6 Å². The molecule has 0 saturated heterocycles. The van der Waals surface area contributed by atoms with E-state index in [1.807, 2.05) is 58.0 Å². The molecule has 0 aliphatic carbocycles. The summed E-state index contributed by atoms with van der Waals surface area (Å²) in [6, 6.07) is 25.2. The number of hydrogen-bond acceptors (Lipinski definition) is 5. The summed E-state index contributed by atoms with van der Waals surface area (Å²) in [6.45, 7) is 6.42. The van der Waals surface area contributed by atoms with Crippen LogP contribution < -0.4 is 14.4 Å². The van der Waals surface area contributed by atoms with Crippen LogP contribution in [-0.4, -0.2) is 50.4 Å². The Labute approximate surface area is 284 Å². The smallest absolute Gasteiger partial charge is 0.264 e. The van der Waals surface area contributed by atoms with Crippen molar-refractivity contribution in [1.82, 2.24) is 10.2 Å². The molecule has 0 saturated carbocycles. The van der Waals surface area contributed by atoms with Crippen molar-refractivity contribution >= 4 is 43.5 Å². The molecule has 11 heteroatoms. The van der Waals surface area contributed by atoms with Gasteiger partial charge < -0.3 is 15.0 Å². The van der Waals surface area contributed by atoms with Crippen LogP contribution in [0.25, 0.3) is 0 Å². The summed E-state index contributed by atoms with van der Waals surface area (Å²) in [6.07, 6.45) is 0.117. The predicted octanol–water partition coefficient (Wildman–Crippen LogP) is 6.66. The Hall–Kier alpha value is -4.22. The van der Waals surface area contributed by atoms with Gasteiger partial charge in [-0.25, -0.2) is 12.8 Å². The van der Waals surface area contributed by atoms with E-state index in [1.165, 1.54) is 42.3 Å². The molecule has 4 aromatic rings. The van der Waals surface area contributed by atoms with Crippen molar-refractivity contribution in [3.8, 4) is 5.75 Å². The lowest BCUT2D eigenvalue weighted by Crippen LogP contribution is -2.56. The topological polar surface area (TPSA) is 96.0 Å². The zero-order valence-corrected chi connectivity index (χ0v) is 29.4. The van der Waals surface area contributed by atoms with Crippen LogP contribution in [0.15, 0.2) is 106 Å². The number of aryl methyl sites for hydroxylation is 1. The Bertz CT molecular complexity index is 1810. The zero-order valence-electron chi connectivity index (χ0n) is 27.0. The summed E-state index contributed by atoms with van der Waals surface area (Å²) in [5.74, 6) is -1.25. The summed E-state index contributed by atoms with van der Waals surface area (Å²) in [7, 11) is -2.86. The third-order valence-electron chi connectivity index (χ3n) is 7.38. The number of carbonyl (C=O) groups excluding carboxylic acids is 2. The number of methoxy groups -OCH3 is 1. The molecular weight excluding hydrogens is 685 g/mol. The number of amides is 2. The highest BCUT2D eigenvalue weighted by Crippen LogP contribution is 2.31. The average molecular weight is 725 g/mol. The van der Waals surface area contributed by atoms with E-state index in [0.717, 1.165) is 15.4 Å². The van der Waals surface area contributed by atoms with Gasteiger partial charge in [0.2, 0.25) is 11.8 Å². The minimum Gasteiger partial charge on any atom is -0.496 e. The number of carbonyl (C=O) groups is 2. The molecule has 1 N–H and O–H groups in total. The maximum atomic E-state index is 15.1. The average Bonchev–Trinajstić information content (AvgIpc) is 3.02. The van der Waals surface area contributed by atoms with Gasteiger partial charge in [0.25, 0.3) is 10.0 Å². The molecule has 0 unspecified atom stereocenters. The van der Waals surface area contributed by atoms with Gasteiger partial charge in [0, 0.05) is 24.1 Å². The first-order valence-corrected chi connectivity index (χ1v) is 17.2. The minimum absolute atomic E-state index is 0.0782. The number of hydrogen-bond donors (Lipinski definition) is 1. The molecule has 0 aliphatic heterocycles. The van der Waals surface area contributed by atoms with Gasteiger partial charge in [-0.1, -0.05) is 66.2 Å². The summed E-state index contributed by atoms with van der Waals surface area (Å²) in [5.41, 5.74) is 1.47. The van der Waals surface area contributed by atoms with Gasteiger partial charge in [0.15, 0.2) is 0 Å². The van der Waals surface area contributed by atoms with E-state index < -0.39 is 45.8 Å². The third kappa shape index (κ3) is 9.20. The lowest BCUT2D eigenvalue weighted by Gasteiger charge is -2.35. The molecule has 4 aromatic carbocycles. The fourth-order valence-corrected chi connectivity index (χ4v) is 7.12. The monoisotopic (exact) mass is 723 g/mol. The van der Waals surface area contributed by atoms with Crippen LogP contribution in [0.2, 0.25) is 0 Å². The van der Waals surface area contributed by atoms with E-state index in [9.17, 15) is 18.0 Å². The van der Waals surface area contributed by atoms with Crippen molar-refractivity contribution < 1.29 is 27.1 Å². The maximum absolute atomic E-state index is 15.1. The van der Waals surface area contributed by atoms with Gasteiger partial charge in [-0.2, -0.15) is 0 Å². The molecule has 0 aliphatic rings. The first-order chi connectivity index (χ1) is 22.2. The van der Waals surface area contributed by atoms with Crippen LogP contribution in [0.3, 0.4) is 0 Å². The van der Waals surface area contributed by atoms with Crippen LogP contribution in [0.5, 0.6) is 5.75 Å². The number of nitrogens with one attached hydrogen (secondary N) is 1. The van der Waals surface area contributed by atoms with Crippen molar-refractivity contribution in [2.45, 2.75) is 57.1 Å². The molecule has 0 fully saturated rings. The second-order valence-electron chi connectivity index (χ2n) is 12.2. The Morgan fingerprint density at radius 1 is 0.936 bits per heavy atom. The molecule has 47 heavy (non-hydrogen) atoms. The van der Waals surface area contributed by atoms with E-state index >= 15 is 4.39 Å². The van der Waals surface area contributed by atoms with Gasteiger partial charge in [0.1, 0.15) is 24.2 Å². The van der Waals surface area contributed by atoms with Gasteiger partial charge in [0.05, 0.1) is 22.2 Å². The predicted molar refractivity (Wildman–Crippen MR) is 185 cm³/mol. The zero-order chi connectivity index (χ0) is 34.4. The van der Waals surface area contributed by atoms with Crippen molar-refractivity contribution in [2.75, 3.05) is 18.0 Å². The maximum Gasteiger partial charge on any atom is 0.264 e. The fourth-order valence-electron chi connectivity index (χ4n) is 4.99. The number of benzene rings is 4. The Morgan fingerprint density at radius 2 is 1.57 bits per heavy atom. The molecule has 0 heterocycles. The van der Waals surface area contributed by atoms with Crippen LogP contribution in [0.4, 0.5) is 10.1 Å². The minimum atomic E-state index is -4.33. The lowest BCUT2D eigenvalue weighted by molar-refractivity contribution is -0.140. The van der Waals surface area contributed by atoms with E-state index in [2.05, 4.69) is 21.2 Å². The van der Waals surface area contributed by atoms with E-state index in [1.54, 1.807) is 36.4 Å². The van der Waals surface area contributed by atoms with Crippen LogP contribution >= 0.6 is 15.9 Å². The van der Waals surface area contributed by atoms with E-state index in [-0.39, 0.29) is 29.1 Å². The molecule has 0 radical (unpaired) electrons. The van der Waals surface area contributed by atoms with Crippen molar-refractivity contribution in [3.05, 3.63) is 124 Å². The number of ether oxygens (including phenoxy) is 1. The number of nitrogens with zero attached hydrogens (tertiary/aromatic N) is 2. The van der Waals surface area contributed by atoms with Gasteiger partial charge >= 0.3 is 0 Å². The first kappa shape index (κ1) is 35.6. The second-order valence-corrected chi connectivity index (χ2v) is 14.9. The summed E-state index contributed by atoms with van der Waals surface area (Å²) < 4.78 is 50.4. The highest BCUT2D eigenvalue weighted by molar-refractivity contribution is 9.10. The van der Waals surface area contributed by atoms with E-state index in [0.29, 0.717) is 10.2 Å². The molecule has 248 valence electrons. The molecule has 0 bridgehead atoms. The highest BCUT2D eigenvalue weighted by atomic mass is 79.9. The van der Waals surface area contributed by atoms with Crippen molar-refractivity contribution in [1.29, 1.82) is 0 Å².